The molecule has 3 aromatic carbocycles. The summed E-state index contributed by atoms with van der Waals surface area (Å²) in [5.41, 5.74) is 9.46. The van der Waals surface area contributed by atoms with E-state index in [0.29, 0.717) is 5.69 Å². The number of rotatable bonds is 3. The van der Waals surface area contributed by atoms with Crippen molar-refractivity contribution in [3.8, 4) is 16.9 Å². The first kappa shape index (κ1) is 15.0. The molecule has 25 heavy (non-hydrogen) atoms. The fourth-order valence-corrected chi connectivity index (χ4v) is 2.99. The number of fused-ring (bicyclic) bond motifs is 1. The van der Waals surface area contributed by atoms with Crippen molar-refractivity contribution < 1.29 is 5.11 Å². The Kier molecular flexibility index (Phi) is 3.71. The average Bonchev–Trinajstić information content (AvgIpc) is 2.62. The number of pyridine rings is 1. The summed E-state index contributed by atoms with van der Waals surface area (Å²) in [5.74, 6) is 1.02. The van der Waals surface area contributed by atoms with Gasteiger partial charge in [-0.1, -0.05) is 36.4 Å². The third-order valence-corrected chi connectivity index (χ3v) is 4.11. The lowest BCUT2D eigenvalue weighted by atomic mass is 9.99. The quantitative estimate of drug-likeness (QED) is 0.466. The third kappa shape index (κ3) is 2.97. The lowest BCUT2D eigenvalue weighted by Gasteiger charge is -2.12. The van der Waals surface area contributed by atoms with E-state index in [9.17, 15) is 5.11 Å². The van der Waals surface area contributed by atoms with Crippen LogP contribution in [0.25, 0.3) is 21.9 Å². The van der Waals surface area contributed by atoms with E-state index >= 15 is 0 Å². The molecule has 1 heterocycles. The number of phenolic OH excluding ortho intramolecular Hbond substituents is 1. The highest BCUT2D eigenvalue weighted by Crippen LogP contribution is 2.33. The van der Waals surface area contributed by atoms with Crippen molar-refractivity contribution in [2.75, 3.05) is 11.1 Å². The van der Waals surface area contributed by atoms with Crippen LogP contribution in [0.15, 0.2) is 79.0 Å². The molecule has 0 aliphatic heterocycles. The van der Waals surface area contributed by atoms with E-state index in [2.05, 4.69) is 10.3 Å². The van der Waals surface area contributed by atoms with Gasteiger partial charge in [-0.05, 0) is 52.9 Å². The smallest absolute Gasteiger partial charge is 0.138 e. The Morgan fingerprint density at radius 1 is 0.840 bits per heavy atom. The average molecular weight is 327 g/mol. The minimum absolute atomic E-state index is 0.252. The van der Waals surface area contributed by atoms with Crippen LogP contribution < -0.4 is 11.1 Å². The van der Waals surface area contributed by atoms with E-state index in [1.165, 1.54) is 0 Å². The van der Waals surface area contributed by atoms with Gasteiger partial charge in [-0.3, -0.25) is 0 Å². The molecule has 4 aromatic rings. The van der Waals surface area contributed by atoms with Gasteiger partial charge in [0.2, 0.25) is 0 Å². The SMILES string of the molecule is Nc1cccc(Nc2nccc3c(-c4cccc(O)c4)cccc23)c1. The molecule has 0 spiro atoms. The minimum atomic E-state index is 0.252. The molecule has 122 valence electrons. The maximum atomic E-state index is 9.79. The van der Waals surface area contributed by atoms with Gasteiger partial charge in [0, 0.05) is 23.0 Å². The lowest BCUT2D eigenvalue weighted by molar-refractivity contribution is 0.475. The second-order valence-electron chi connectivity index (χ2n) is 5.86. The highest BCUT2D eigenvalue weighted by molar-refractivity contribution is 6.02. The minimum Gasteiger partial charge on any atom is -0.508 e. The van der Waals surface area contributed by atoms with Crippen molar-refractivity contribution in [2.24, 2.45) is 0 Å². The molecule has 0 aliphatic rings. The van der Waals surface area contributed by atoms with Crippen molar-refractivity contribution in [3.63, 3.8) is 0 Å². The van der Waals surface area contributed by atoms with Crippen LogP contribution in [0.3, 0.4) is 0 Å². The van der Waals surface area contributed by atoms with Gasteiger partial charge in [0.25, 0.3) is 0 Å². The zero-order valence-corrected chi connectivity index (χ0v) is 13.5. The molecule has 0 bridgehead atoms. The van der Waals surface area contributed by atoms with Crippen molar-refractivity contribution in [1.82, 2.24) is 4.98 Å². The van der Waals surface area contributed by atoms with E-state index in [1.54, 1.807) is 18.3 Å². The molecule has 0 unspecified atom stereocenters. The Labute approximate surface area is 145 Å². The summed E-state index contributed by atoms with van der Waals surface area (Å²) in [6, 6.07) is 22.9. The summed E-state index contributed by atoms with van der Waals surface area (Å²) in [4.78, 5) is 4.48. The molecule has 0 fully saturated rings. The van der Waals surface area contributed by atoms with Gasteiger partial charge in [0.05, 0.1) is 0 Å². The third-order valence-electron chi connectivity index (χ3n) is 4.11. The monoisotopic (exact) mass is 327 g/mol. The molecule has 0 saturated carbocycles. The standard InChI is InChI=1S/C21H17N3O/c22-15-5-2-6-16(13-15)24-21-20-9-3-8-18(19(20)10-11-23-21)14-4-1-7-17(25)12-14/h1-13,25H,22H2,(H,23,24). The van der Waals surface area contributed by atoms with Gasteiger partial charge in [-0.15, -0.1) is 0 Å². The fraction of sp³-hybridized carbons (Fsp3) is 0. The van der Waals surface area contributed by atoms with Gasteiger partial charge in [-0.25, -0.2) is 4.98 Å². The van der Waals surface area contributed by atoms with Crippen LogP contribution in [-0.4, -0.2) is 10.1 Å². The van der Waals surface area contributed by atoms with Gasteiger partial charge in [0.15, 0.2) is 0 Å². The Balaban J connectivity index is 1.84. The molecule has 4 rings (SSSR count). The molecular formula is C21H17N3O. The first-order chi connectivity index (χ1) is 12.2. The normalized spacial score (nSPS) is 10.7. The number of nitrogen functional groups attached to an aromatic ring is 1. The van der Waals surface area contributed by atoms with Crippen LogP contribution in [0.2, 0.25) is 0 Å². The van der Waals surface area contributed by atoms with E-state index in [1.807, 2.05) is 60.7 Å². The molecule has 4 nitrogen and oxygen atoms in total. The highest BCUT2D eigenvalue weighted by Gasteiger charge is 2.08. The molecule has 4 heteroatoms. The maximum absolute atomic E-state index is 9.79. The van der Waals surface area contributed by atoms with Crippen molar-refractivity contribution >= 4 is 28.0 Å². The van der Waals surface area contributed by atoms with Gasteiger partial charge in [-0.2, -0.15) is 0 Å². The Hall–Kier alpha value is -3.53. The zero-order chi connectivity index (χ0) is 17.2. The molecule has 4 N–H and O–H groups in total. The number of nitrogens with two attached hydrogens (primary N) is 1. The van der Waals surface area contributed by atoms with E-state index in [4.69, 9.17) is 5.73 Å². The second kappa shape index (κ2) is 6.17. The molecule has 0 saturated heterocycles. The number of nitrogens with zero attached hydrogens (tertiary/aromatic N) is 1. The first-order valence-electron chi connectivity index (χ1n) is 8.00. The number of anilines is 3. The van der Waals surface area contributed by atoms with Gasteiger partial charge < -0.3 is 16.2 Å². The van der Waals surface area contributed by atoms with Crippen LogP contribution in [-0.2, 0) is 0 Å². The van der Waals surface area contributed by atoms with Crippen LogP contribution in [0.5, 0.6) is 5.75 Å². The number of nitrogens with one attached hydrogen (secondary N) is 1. The van der Waals surface area contributed by atoms with Crippen LogP contribution in [0.4, 0.5) is 17.2 Å². The van der Waals surface area contributed by atoms with Crippen molar-refractivity contribution in [3.05, 3.63) is 79.0 Å². The molecule has 0 aliphatic carbocycles. The van der Waals surface area contributed by atoms with E-state index in [-0.39, 0.29) is 5.75 Å². The number of phenols is 1. The molecule has 1 aromatic heterocycles. The Morgan fingerprint density at radius 2 is 1.68 bits per heavy atom. The lowest BCUT2D eigenvalue weighted by Crippen LogP contribution is -1.96. The number of aromatic hydroxyl groups is 1. The number of aromatic nitrogens is 1. The van der Waals surface area contributed by atoms with Crippen molar-refractivity contribution in [1.29, 1.82) is 0 Å². The molecular weight excluding hydrogens is 310 g/mol. The van der Waals surface area contributed by atoms with Crippen molar-refractivity contribution in [2.45, 2.75) is 0 Å². The highest BCUT2D eigenvalue weighted by atomic mass is 16.3. The summed E-state index contributed by atoms with van der Waals surface area (Å²) >= 11 is 0. The van der Waals surface area contributed by atoms with E-state index < -0.39 is 0 Å². The van der Waals surface area contributed by atoms with Crippen LogP contribution >= 0.6 is 0 Å². The first-order valence-corrected chi connectivity index (χ1v) is 8.00. The second-order valence-corrected chi connectivity index (χ2v) is 5.86. The topological polar surface area (TPSA) is 71.2 Å². The summed E-state index contributed by atoms with van der Waals surface area (Å²) < 4.78 is 0. The van der Waals surface area contributed by atoms with Gasteiger partial charge in [0.1, 0.15) is 11.6 Å². The zero-order valence-electron chi connectivity index (χ0n) is 13.5. The summed E-state index contributed by atoms with van der Waals surface area (Å²) in [6.45, 7) is 0. The number of hydrogen-bond acceptors (Lipinski definition) is 4. The Bertz CT molecular complexity index is 1060. The summed E-state index contributed by atoms with van der Waals surface area (Å²) in [6.07, 6.45) is 1.78. The van der Waals surface area contributed by atoms with Crippen LogP contribution in [0.1, 0.15) is 0 Å². The molecule has 0 amide bonds. The maximum Gasteiger partial charge on any atom is 0.138 e. The number of hydrogen-bond donors (Lipinski definition) is 3. The summed E-state index contributed by atoms with van der Waals surface area (Å²) in [5, 5.41) is 15.2. The largest absolute Gasteiger partial charge is 0.508 e. The molecule has 0 radical (unpaired) electrons. The van der Waals surface area contributed by atoms with Gasteiger partial charge >= 0.3 is 0 Å². The van der Waals surface area contributed by atoms with Crippen LogP contribution in [0, 0.1) is 0 Å². The fourth-order valence-electron chi connectivity index (χ4n) is 2.99. The predicted molar refractivity (Wildman–Crippen MR) is 103 cm³/mol. The predicted octanol–water partition coefficient (Wildman–Crippen LogP) is 4.93. The molecule has 0 atom stereocenters. The Morgan fingerprint density at radius 3 is 2.52 bits per heavy atom. The number of benzene rings is 3. The van der Waals surface area contributed by atoms with E-state index in [0.717, 1.165) is 33.4 Å². The summed E-state index contributed by atoms with van der Waals surface area (Å²) in [7, 11) is 0.